The normalized spacial score (nSPS) is 10.1. The lowest BCUT2D eigenvalue weighted by atomic mass is 10.4. The van der Waals surface area contributed by atoms with Gasteiger partial charge in [0.25, 0.3) is 0 Å². The number of rotatable bonds is 2. The third kappa shape index (κ3) is 2.75. The third-order valence-corrected chi connectivity index (χ3v) is 2.04. The summed E-state index contributed by atoms with van der Waals surface area (Å²) < 4.78 is 7.61. The summed E-state index contributed by atoms with van der Waals surface area (Å²) >= 11 is 0. The number of imidazole rings is 1. The summed E-state index contributed by atoms with van der Waals surface area (Å²) in [5, 5.41) is 0. The van der Waals surface area contributed by atoms with Gasteiger partial charge in [-0.05, 0) is 26.8 Å². The lowest BCUT2D eigenvalue weighted by Gasteiger charge is -2.09. The van der Waals surface area contributed by atoms with Gasteiger partial charge >= 0.3 is 0 Å². The Morgan fingerprint density at radius 2 is 2.00 bits per heavy atom. The van der Waals surface area contributed by atoms with Crippen molar-refractivity contribution in [1.29, 1.82) is 0 Å². The van der Waals surface area contributed by atoms with Gasteiger partial charge in [0.15, 0.2) is 0 Å². The first kappa shape index (κ1) is 12.6. The van der Waals surface area contributed by atoms with Crippen molar-refractivity contribution in [3.63, 3.8) is 0 Å². The molecular formula is C13H20N2O. The third-order valence-electron chi connectivity index (χ3n) is 2.04. The van der Waals surface area contributed by atoms with Crippen LogP contribution in [-0.4, -0.2) is 15.5 Å². The van der Waals surface area contributed by atoms with Gasteiger partial charge in [0.2, 0.25) is 0 Å². The molecule has 0 aliphatic rings. The maximum absolute atomic E-state index is 5.58. The Balaban J connectivity index is 0.000000606. The highest BCUT2D eigenvalue weighted by Crippen LogP contribution is 2.16. The Hall–Kier alpha value is -1.51. The van der Waals surface area contributed by atoms with Crippen LogP contribution in [0.5, 0.6) is 5.75 Å². The predicted octanol–water partition coefficient (Wildman–Crippen LogP) is 3.46. The summed E-state index contributed by atoms with van der Waals surface area (Å²) in [4.78, 5) is 4.27. The molecule has 0 aromatic carbocycles. The molecule has 2 heterocycles. The molecule has 88 valence electrons. The number of hydrogen-bond donors (Lipinski definition) is 0. The van der Waals surface area contributed by atoms with E-state index in [-0.39, 0.29) is 6.10 Å². The van der Waals surface area contributed by atoms with Gasteiger partial charge in [0.1, 0.15) is 11.4 Å². The fraction of sp³-hybridized carbons (Fsp3) is 0.462. The van der Waals surface area contributed by atoms with Gasteiger partial charge in [-0.2, -0.15) is 0 Å². The van der Waals surface area contributed by atoms with E-state index in [4.69, 9.17) is 4.74 Å². The van der Waals surface area contributed by atoms with E-state index in [0.717, 1.165) is 17.1 Å². The minimum atomic E-state index is 0.202. The standard InChI is InChI=1S/C11H14N2O.C2H6/c1-8(2)14-10-4-5-13-9(3)7-12-11(13)6-10;1-2/h4-8H,1-3H3;1-2H3. The van der Waals surface area contributed by atoms with Crippen LogP contribution in [0, 0.1) is 6.92 Å². The molecule has 0 aliphatic carbocycles. The molecule has 3 nitrogen and oxygen atoms in total. The molecule has 0 radical (unpaired) electrons. The SMILES string of the molecule is CC.Cc1cnc2cc(OC(C)C)ccn12. The number of ether oxygens (including phenoxy) is 1. The van der Waals surface area contributed by atoms with Crippen LogP contribution in [0.2, 0.25) is 0 Å². The molecule has 0 N–H and O–H groups in total. The van der Waals surface area contributed by atoms with Crippen molar-refractivity contribution in [3.8, 4) is 5.75 Å². The molecule has 0 atom stereocenters. The minimum absolute atomic E-state index is 0.202. The van der Waals surface area contributed by atoms with Crippen molar-refractivity contribution in [2.75, 3.05) is 0 Å². The van der Waals surface area contributed by atoms with Crippen molar-refractivity contribution in [2.24, 2.45) is 0 Å². The fourth-order valence-corrected chi connectivity index (χ4v) is 1.43. The van der Waals surface area contributed by atoms with Gasteiger partial charge in [-0.25, -0.2) is 4.98 Å². The van der Waals surface area contributed by atoms with Crippen LogP contribution >= 0.6 is 0 Å². The zero-order valence-electron chi connectivity index (χ0n) is 10.7. The number of nitrogens with zero attached hydrogens (tertiary/aromatic N) is 2. The molecule has 0 amide bonds. The van der Waals surface area contributed by atoms with Gasteiger partial charge < -0.3 is 9.14 Å². The monoisotopic (exact) mass is 220 g/mol. The smallest absolute Gasteiger partial charge is 0.140 e. The van der Waals surface area contributed by atoms with Gasteiger partial charge in [0.05, 0.1) is 6.10 Å². The number of pyridine rings is 1. The zero-order chi connectivity index (χ0) is 12.1. The molecule has 0 spiro atoms. The van der Waals surface area contributed by atoms with Crippen LogP contribution in [0.1, 0.15) is 33.4 Å². The second kappa shape index (κ2) is 5.54. The molecule has 0 saturated carbocycles. The van der Waals surface area contributed by atoms with Crippen LogP contribution in [0.15, 0.2) is 24.5 Å². The quantitative estimate of drug-likeness (QED) is 0.774. The van der Waals surface area contributed by atoms with Crippen LogP contribution in [0.4, 0.5) is 0 Å². The van der Waals surface area contributed by atoms with E-state index in [1.165, 1.54) is 0 Å². The summed E-state index contributed by atoms with van der Waals surface area (Å²) in [6.07, 6.45) is 4.04. The molecular weight excluding hydrogens is 200 g/mol. The average molecular weight is 220 g/mol. The average Bonchev–Trinajstić information content (AvgIpc) is 2.62. The first-order valence-electron chi connectivity index (χ1n) is 5.77. The highest BCUT2D eigenvalue weighted by molar-refractivity contribution is 5.45. The van der Waals surface area contributed by atoms with Gasteiger partial charge in [-0.3, -0.25) is 0 Å². The summed E-state index contributed by atoms with van der Waals surface area (Å²) in [5.41, 5.74) is 2.07. The Morgan fingerprint density at radius 3 is 2.62 bits per heavy atom. The molecule has 0 bridgehead atoms. The molecule has 3 heteroatoms. The fourth-order valence-electron chi connectivity index (χ4n) is 1.43. The first-order valence-corrected chi connectivity index (χ1v) is 5.77. The lowest BCUT2D eigenvalue weighted by Crippen LogP contribution is -2.05. The summed E-state index contributed by atoms with van der Waals surface area (Å²) in [6.45, 7) is 10.1. The van der Waals surface area contributed by atoms with E-state index in [0.29, 0.717) is 0 Å². The Bertz CT molecular complexity index is 446. The Morgan fingerprint density at radius 1 is 1.31 bits per heavy atom. The molecule has 0 aliphatic heterocycles. The molecule has 2 aromatic heterocycles. The maximum Gasteiger partial charge on any atom is 0.140 e. The lowest BCUT2D eigenvalue weighted by molar-refractivity contribution is 0.242. The predicted molar refractivity (Wildman–Crippen MR) is 67.0 cm³/mol. The second-order valence-corrected chi connectivity index (χ2v) is 3.66. The van der Waals surface area contributed by atoms with Crippen LogP contribution in [0.3, 0.4) is 0 Å². The van der Waals surface area contributed by atoms with E-state index in [2.05, 4.69) is 4.98 Å². The summed E-state index contributed by atoms with van der Waals surface area (Å²) in [5.74, 6) is 0.873. The van der Waals surface area contributed by atoms with E-state index in [1.807, 2.05) is 63.5 Å². The van der Waals surface area contributed by atoms with E-state index < -0.39 is 0 Å². The van der Waals surface area contributed by atoms with Gasteiger partial charge in [-0.15, -0.1) is 0 Å². The van der Waals surface area contributed by atoms with Crippen molar-refractivity contribution in [2.45, 2.75) is 40.7 Å². The van der Waals surface area contributed by atoms with Crippen molar-refractivity contribution in [1.82, 2.24) is 9.38 Å². The van der Waals surface area contributed by atoms with Crippen molar-refractivity contribution in [3.05, 3.63) is 30.2 Å². The molecule has 0 saturated heterocycles. The number of fused-ring (bicyclic) bond motifs is 1. The van der Waals surface area contributed by atoms with Crippen molar-refractivity contribution >= 4 is 5.65 Å². The highest BCUT2D eigenvalue weighted by atomic mass is 16.5. The van der Waals surface area contributed by atoms with E-state index in [1.54, 1.807) is 0 Å². The maximum atomic E-state index is 5.58. The van der Waals surface area contributed by atoms with Crippen LogP contribution in [0.25, 0.3) is 5.65 Å². The van der Waals surface area contributed by atoms with Crippen molar-refractivity contribution < 1.29 is 4.74 Å². The first-order chi connectivity index (χ1) is 7.66. The minimum Gasteiger partial charge on any atom is -0.491 e. The van der Waals surface area contributed by atoms with E-state index in [9.17, 15) is 0 Å². The summed E-state index contributed by atoms with van der Waals surface area (Å²) in [7, 11) is 0. The molecule has 16 heavy (non-hydrogen) atoms. The Kier molecular flexibility index (Phi) is 4.35. The Labute approximate surface area is 97.1 Å². The molecule has 2 rings (SSSR count). The van der Waals surface area contributed by atoms with Gasteiger partial charge in [0, 0.05) is 24.2 Å². The number of aryl methyl sites for hydroxylation is 1. The van der Waals surface area contributed by atoms with E-state index >= 15 is 0 Å². The second-order valence-electron chi connectivity index (χ2n) is 3.66. The molecule has 0 unspecified atom stereocenters. The molecule has 2 aromatic rings. The largest absolute Gasteiger partial charge is 0.491 e. The zero-order valence-corrected chi connectivity index (χ0v) is 10.7. The highest BCUT2D eigenvalue weighted by Gasteiger charge is 2.02. The summed E-state index contributed by atoms with van der Waals surface area (Å²) in [6, 6.07) is 3.91. The number of hydrogen-bond acceptors (Lipinski definition) is 2. The van der Waals surface area contributed by atoms with Crippen LogP contribution in [-0.2, 0) is 0 Å². The van der Waals surface area contributed by atoms with Gasteiger partial charge in [-0.1, -0.05) is 13.8 Å². The van der Waals surface area contributed by atoms with Crippen LogP contribution < -0.4 is 4.74 Å². The molecule has 0 fully saturated rings. The number of aromatic nitrogens is 2. The topological polar surface area (TPSA) is 26.5 Å².